The number of hydrogen-bond donors (Lipinski definition) is 1. The fraction of sp³-hybridized carbons (Fsp3) is 0.364. The zero-order valence-electron chi connectivity index (χ0n) is 8.49. The van der Waals surface area contributed by atoms with Crippen LogP contribution in [0.15, 0.2) is 22.7 Å². The lowest BCUT2D eigenvalue weighted by molar-refractivity contribution is 0.155. The quantitative estimate of drug-likeness (QED) is 0.861. The van der Waals surface area contributed by atoms with Crippen molar-refractivity contribution in [2.24, 2.45) is 0 Å². The van der Waals surface area contributed by atoms with Gasteiger partial charge in [-0.2, -0.15) is 0 Å². The summed E-state index contributed by atoms with van der Waals surface area (Å²) in [7, 11) is 0. The van der Waals surface area contributed by atoms with Crippen molar-refractivity contribution in [3.8, 4) is 0 Å². The molecule has 2 rings (SSSR count). The van der Waals surface area contributed by atoms with Crippen LogP contribution in [0.4, 0.5) is 4.79 Å². The van der Waals surface area contributed by atoms with Gasteiger partial charge < -0.3 is 10.0 Å². The molecule has 0 spiro atoms. The first-order valence-electron chi connectivity index (χ1n) is 5.00. The summed E-state index contributed by atoms with van der Waals surface area (Å²) in [4.78, 5) is 12.2. The zero-order chi connectivity index (χ0) is 11.7. The molecule has 1 unspecified atom stereocenters. The molecule has 1 aliphatic heterocycles. The van der Waals surface area contributed by atoms with Gasteiger partial charge in [-0.05, 0) is 24.1 Å². The molecule has 16 heavy (non-hydrogen) atoms. The molecule has 0 aliphatic carbocycles. The van der Waals surface area contributed by atoms with Crippen molar-refractivity contribution in [1.29, 1.82) is 0 Å². The number of carbonyl (C=O) groups is 1. The molecule has 5 heteroatoms. The first-order chi connectivity index (χ1) is 7.58. The van der Waals surface area contributed by atoms with Crippen molar-refractivity contribution in [2.45, 2.75) is 12.3 Å². The average Bonchev–Trinajstić information content (AvgIpc) is 2.66. The van der Waals surface area contributed by atoms with E-state index in [0.29, 0.717) is 18.1 Å². The molecule has 1 aromatic carbocycles. The topological polar surface area (TPSA) is 40.5 Å². The Morgan fingerprint density at radius 2 is 2.31 bits per heavy atom. The molecule has 1 N–H and O–H groups in total. The van der Waals surface area contributed by atoms with Crippen molar-refractivity contribution in [3.05, 3.63) is 33.3 Å². The Morgan fingerprint density at radius 3 is 2.88 bits per heavy atom. The molecular formula is C11H11BrClNO2. The molecule has 0 saturated carbocycles. The largest absolute Gasteiger partial charge is 0.465 e. The maximum absolute atomic E-state index is 10.8. The number of nitrogens with zero attached hydrogens (tertiary/aromatic N) is 1. The zero-order valence-corrected chi connectivity index (χ0v) is 10.8. The minimum Gasteiger partial charge on any atom is -0.465 e. The van der Waals surface area contributed by atoms with E-state index in [1.165, 1.54) is 4.90 Å². The van der Waals surface area contributed by atoms with E-state index >= 15 is 0 Å². The van der Waals surface area contributed by atoms with Gasteiger partial charge in [-0.15, -0.1) is 0 Å². The van der Waals surface area contributed by atoms with Crippen LogP contribution < -0.4 is 0 Å². The Labute approximate surface area is 107 Å². The smallest absolute Gasteiger partial charge is 0.407 e. The third-order valence-electron chi connectivity index (χ3n) is 2.86. The summed E-state index contributed by atoms with van der Waals surface area (Å²) < 4.78 is 0.939. The second-order valence-electron chi connectivity index (χ2n) is 3.88. The van der Waals surface area contributed by atoms with Gasteiger partial charge in [0.1, 0.15) is 0 Å². The molecule has 1 fully saturated rings. The number of carboxylic acid groups (broad SMARTS) is 1. The first-order valence-corrected chi connectivity index (χ1v) is 6.18. The predicted molar refractivity (Wildman–Crippen MR) is 66.1 cm³/mol. The standard InChI is InChI=1S/C11H11BrClNO2/c12-8-1-2-9(10(13)5-8)7-3-4-14(6-7)11(15)16/h1-2,5,7H,3-4,6H2,(H,15,16). The molecular weight excluding hydrogens is 293 g/mol. The Hall–Kier alpha value is -0.740. The lowest BCUT2D eigenvalue weighted by atomic mass is 9.98. The van der Waals surface area contributed by atoms with E-state index < -0.39 is 6.09 Å². The lowest BCUT2D eigenvalue weighted by Crippen LogP contribution is -2.26. The molecule has 3 nitrogen and oxygen atoms in total. The van der Waals surface area contributed by atoms with E-state index in [-0.39, 0.29) is 5.92 Å². The Balaban J connectivity index is 2.17. The summed E-state index contributed by atoms with van der Waals surface area (Å²) in [5.74, 6) is 0.219. The summed E-state index contributed by atoms with van der Waals surface area (Å²) in [5.41, 5.74) is 1.04. The fourth-order valence-corrected chi connectivity index (χ4v) is 2.85. The van der Waals surface area contributed by atoms with E-state index in [1.54, 1.807) is 0 Å². The van der Waals surface area contributed by atoms with Crippen LogP contribution in [0.3, 0.4) is 0 Å². The van der Waals surface area contributed by atoms with Crippen molar-refractivity contribution < 1.29 is 9.90 Å². The van der Waals surface area contributed by atoms with Crippen LogP contribution in [0.5, 0.6) is 0 Å². The molecule has 1 heterocycles. The van der Waals surface area contributed by atoms with Gasteiger partial charge in [-0.25, -0.2) is 4.79 Å². The summed E-state index contributed by atoms with van der Waals surface area (Å²) in [6, 6.07) is 5.74. The van der Waals surface area contributed by atoms with Crippen LogP contribution in [0.1, 0.15) is 17.9 Å². The summed E-state index contributed by atoms with van der Waals surface area (Å²) in [5, 5.41) is 9.58. The lowest BCUT2D eigenvalue weighted by Gasteiger charge is -2.13. The molecule has 1 aliphatic rings. The minimum atomic E-state index is -0.851. The third kappa shape index (κ3) is 2.33. The van der Waals surface area contributed by atoms with Gasteiger partial charge in [0.2, 0.25) is 0 Å². The molecule has 1 amide bonds. The van der Waals surface area contributed by atoms with Gasteiger partial charge in [-0.1, -0.05) is 33.6 Å². The van der Waals surface area contributed by atoms with Gasteiger partial charge >= 0.3 is 6.09 Å². The highest BCUT2D eigenvalue weighted by Gasteiger charge is 2.28. The monoisotopic (exact) mass is 303 g/mol. The van der Waals surface area contributed by atoms with E-state index in [4.69, 9.17) is 16.7 Å². The first kappa shape index (κ1) is 11.7. The van der Waals surface area contributed by atoms with Crippen molar-refractivity contribution in [2.75, 3.05) is 13.1 Å². The van der Waals surface area contributed by atoms with Gasteiger partial charge in [-0.3, -0.25) is 0 Å². The van der Waals surface area contributed by atoms with Crippen LogP contribution in [0.2, 0.25) is 5.02 Å². The third-order valence-corrected chi connectivity index (χ3v) is 3.68. The minimum absolute atomic E-state index is 0.219. The van der Waals surface area contributed by atoms with Gasteiger partial charge in [0.25, 0.3) is 0 Å². The van der Waals surface area contributed by atoms with Crippen molar-refractivity contribution >= 4 is 33.6 Å². The van der Waals surface area contributed by atoms with Crippen LogP contribution in [0, 0.1) is 0 Å². The van der Waals surface area contributed by atoms with E-state index in [9.17, 15) is 4.79 Å². The second kappa shape index (κ2) is 4.63. The maximum Gasteiger partial charge on any atom is 0.407 e. The molecule has 0 aromatic heterocycles. The van der Waals surface area contributed by atoms with Crippen LogP contribution in [-0.4, -0.2) is 29.2 Å². The number of hydrogen-bond acceptors (Lipinski definition) is 1. The molecule has 1 atom stereocenters. The number of halogens is 2. The molecule has 1 aromatic rings. The van der Waals surface area contributed by atoms with E-state index in [2.05, 4.69) is 15.9 Å². The van der Waals surface area contributed by atoms with Gasteiger partial charge in [0.15, 0.2) is 0 Å². The summed E-state index contributed by atoms with van der Waals surface area (Å²) in [6.45, 7) is 1.13. The fourth-order valence-electron chi connectivity index (χ4n) is 2.02. The number of likely N-dealkylation sites (tertiary alicyclic amines) is 1. The van der Waals surface area contributed by atoms with Crippen LogP contribution in [0.25, 0.3) is 0 Å². The maximum atomic E-state index is 10.8. The number of amides is 1. The van der Waals surface area contributed by atoms with Crippen LogP contribution >= 0.6 is 27.5 Å². The number of benzene rings is 1. The van der Waals surface area contributed by atoms with Crippen molar-refractivity contribution in [1.82, 2.24) is 4.90 Å². The van der Waals surface area contributed by atoms with Crippen LogP contribution in [-0.2, 0) is 0 Å². The second-order valence-corrected chi connectivity index (χ2v) is 5.20. The molecule has 0 bridgehead atoms. The highest BCUT2D eigenvalue weighted by atomic mass is 79.9. The molecule has 0 radical (unpaired) electrons. The Bertz CT molecular complexity index is 424. The van der Waals surface area contributed by atoms with E-state index in [0.717, 1.165) is 16.5 Å². The molecule has 86 valence electrons. The van der Waals surface area contributed by atoms with E-state index in [1.807, 2.05) is 18.2 Å². The normalized spacial score (nSPS) is 20.1. The molecule has 1 saturated heterocycles. The van der Waals surface area contributed by atoms with Gasteiger partial charge in [0.05, 0.1) is 0 Å². The van der Waals surface area contributed by atoms with Crippen molar-refractivity contribution in [3.63, 3.8) is 0 Å². The highest BCUT2D eigenvalue weighted by molar-refractivity contribution is 9.10. The van der Waals surface area contributed by atoms with Gasteiger partial charge in [0, 0.05) is 28.5 Å². The highest BCUT2D eigenvalue weighted by Crippen LogP contribution is 2.33. The Morgan fingerprint density at radius 1 is 1.56 bits per heavy atom. The summed E-state index contributed by atoms with van der Waals surface area (Å²) in [6.07, 6.45) is -0.0102. The predicted octanol–water partition coefficient (Wildman–Crippen LogP) is 3.57. The average molecular weight is 305 g/mol. The Kier molecular flexibility index (Phi) is 3.40. The number of rotatable bonds is 1. The summed E-state index contributed by atoms with van der Waals surface area (Å²) >= 11 is 9.49. The SMILES string of the molecule is O=C(O)N1CCC(c2ccc(Br)cc2Cl)C1.